The Morgan fingerprint density at radius 3 is 1.00 bits per heavy atom. The molecule has 0 amide bonds. The summed E-state index contributed by atoms with van der Waals surface area (Å²) >= 11 is 0. The molecule has 0 N–H and O–H groups in total. The minimum absolute atomic E-state index is 0.320. The van der Waals surface area contributed by atoms with E-state index in [2.05, 4.69) is 46.2 Å². The summed E-state index contributed by atoms with van der Waals surface area (Å²) in [4.78, 5) is 4.14. The lowest BCUT2D eigenvalue weighted by molar-refractivity contribution is 0.627. The lowest BCUT2D eigenvalue weighted by Crippen LogP contribution is -2.10. The van der Waals surface area contributed by atoms with Gasteiger partial charge < -0.3 is 31.9 Å². The minimum atomic E-state index is -0.320. The molecule has 0 saturated heterocycles. The van der Waals surface area contributed by atoms with E-state index in [9.17, 15) is 8.78 Å². The van der Waals surface area contributed by atoms with Gasteiger partial charge in [-0.3, -0.25) is 0 Å². The van der Waals surface area contributed by atoms with E-state index in [4.69, 9.17) is 22.1 Å². The Morgan fingerprint density at radius 2 is 0.580 bits per heavy atom. The van der Waals surface area contributed by atoms with Gasteiger partial charge in [-0.1, -0.05) is 60.7 Å². The molecule has 0 aliphatic carbocycles. The van der Waals surface area contributed by atoms with Crippen LogP contribution in [0.15, 0.2) is 216 Å². The predicted molar refractivity (Wildman–Crippen MR) is 272 cm³/mol. The van der Waals surface area contributed by atoms with Crippen LogP contribution in [-0.4, -0.2) is 0 Å². The molecule has 9 heteroatoms. The van der Waals surface area contributed by atoms with Crippen LogP contribution in [0.5, 0.6) is 0 Å². The van der Waals surface area contributed by atoms with Gasteiger partial charge in [0.2, 0.25) is 0 Å². The third kappa shape index (κ3) is 5.64. The number of fused-ring (bicyclic) bond motifs is 15. The molecular weight excluding hydrogens is 867 g/mol. The summed E-state index contributed by atoms with van der Waals surface area (Å²) in [6.45, 7) is 0. The number of hydrogen-bond acceptors (Lipinski definition) is 7. The van der Waals surface area contributed by atoms with Crippen LogP contribution in [0.3, 0.4) is 0 Å². The molecule has 15 aromatic rings. The Morgan fingerprint density at radius 1 is 0.246 bits per heavy atom. The number of rotatable bonds is 6. The number of para-hydroxylation sites is 4. The summed E-state index contributed by atoms with van der Waals surface area (Å²) in [5, 5.41) is 9.50. The first-order chi connectivity index (χ1) is 34.0. The molecule has 0 fully saturated rings. The summed E-state index contributed by atoms with van der Waals surface area (Å²) < 4.78 is 61.6. The van der Waals surface area contributed by atoms with Crippen LogP contribution in [0, 0.1) is 11.6 Å². The van der Waals surface area contributed by atoms with E-state index < -0.39 is 0 Å². The first-order valence-corrected chi connectivity index (χ1v) is 22.6. The van der Waals surface area contributed by atoms with E-state index in [-0.39, 0.29) is 11.6 Å². The Balaban J connectivity index is 0.846. The standard InChI is InChI=1S/C60H32F2N2O5/c61-33-15-19-35(20-16-33)63(49-11-5-9-43-39-7-1-3-13-51(39)68-59(43)49)37-23-25-41-45-29-57-47(31-55(45)65-53(41)27-37)48-32-56-46(30-58(48)67-57)42-26-24-38(28-54(42)66-56)64(36-21-17-34(62)18-22-36)50-12-6-10-44-40-8-2-4-14-52(40)69-60(44)50/h1-32H. The van der Waals surface area contributed by atoms with E-state index in [1.807, 2.05) is 109 Å². The smallest absolute Gasteiger partial charge is 0.159 e. The number of furan rings is 5. The Labute approximate surface area is 388 Å². The third-order valence-electron chi connectivity index (χ3n) is 13.6. The largest absolute Gasteiger partial charge is 0.456 e. The fraction of sp³-hybridized carbons (Fsp3) is 0. The Hall–Kier alpha value is -9.34. The molecule has 10 aromatic carbocycles. The molecule has 5 heterocycles. The summed E-state index contributed by atoms with van der Waals surface area (Å²) in [7, 11) is 0. The molecule has 0 spiro atoms. The van der Waals surface area contributed by atoms with Crippen LogP contribution in [0.4, 0.5) is 42.9 Å². The zero-order valence-electron chi connectivity index (χ0n) is 36.2. The third-order valence-corrected chi connectivity index (χ3v) is 13.6. The lowest BCUT2D eigenvalue weighted by atomic mass is 10.1. The first kappa shape index (κ1) is 37.8. The van der Waals surface area contributed by atoms with Crippen molar-refractivity contribution < 1.29 is 30.9 Å². The second kappa shape index (κ2) is 14.1. The molecule has 0 unspecified atom stereocenters. The zero-order chi connectivity index (χ0) is 45.5. The van der Waals surface area contributed by atoms with Gasteiger partial charge in [-0.25, -0.2) is 8.78 Å². The summed E-state index contributed by atoms with van der Waals surface area (Å²) in [5.41, 5.74) is 12.1. The molecule has 0 aliphatic heterocycles. The van der Waals surface area contributed by atoms with E-state index in [1.54, 1.807) is 24.3 Å². The molecule has 15 rings (SSSR count). The molecule has 5 aromatic heterocycles. The quantitative estimate of drug-likeness (QED) is 0.165. The SMILES string of the molecule is Fc1ccc(N(c2ccc3c(c2)oc2cc4c(cc23)oc2cc3c(cc24)oc2cc(N(c4ccc(F)cc4)c4cccc5c4oc4ccccc45)ccc23)c2cccc3c2oc2ccccc23)cc1. The average Bonchev–Trinajstić information content (AvgIpc) is 4.20. The summed E-state index contributed by atoms with van der Waals surface area (Å²) in [5.74, 6) is -0.640. The predicted octanol–water partition coefficient (Wildman–Crippen LogP) is 18.4. The molecule has 0 aliphatic rings. The van der Waals surface area contributed by atoms with Crippen molar-refractivity contribution in [3.8, 4) is 0 Å². The second-order valence-electron chi connectivity index (χ2n) is 17.5. The molecule has 69 heavy (non-hydrogen) atoms. The molecule has 0 saturated carbocycles. The van der Waals surface area contributed by atoms with Crippen LogP contribution in [0.2, 0.25) is 0 Å². The summed E-state index contributed by atoms with van der Waals surface area (Å²) in [6.07, 6.45) is 0. The van der Waals surface area contributed by atoms with Gasteiger partial charge in [0.15, 0.2) is 11.2 Å². The van der Waals surface area contributed by atoms with E-state index in [0.29, 0.717) is 22.3 Å². The molecule has 326 valence electrons. The van der Waals surface area contributed by atoms with Crippen molar-refractivity contribution in [1.82, 2.24) is 0 Å². The molecule has 0 bridgehead atoms. The Bertz CT molecular complexity index is 4300. The number of nitrogens with zero attached hydrogens (tertiary/aromatic N) is 2. The highest BCUT2D eigenvalue weighted by Gasteiger charge is 2.24. The maximum atomic E-state index is 14.3. The van der Waals surface area contributed by atoms with Gasteiger partial charge >= 0.3 is 0 Å². The van der Waals surface area contributed by atoms with Crippen molar-refractivity contribution >= 4 is 144 Å². The van der Waals surface area contributed by atoms with Crippen LogP contribution in [0.25, 0.3) is 110 Å². The van der Waals surface area contributed by atoms with Crippen molar-refractivity contribution in [3.63, 3.8) is 0 Å². The maximum Gasteiger partial charge on any atom is 0.159 e. The zero-order valence-corrected chi connectivity index (χ0v) is 36.2. The van der Waals surface area contributed by atoms with Gasteiger partial charge in [-0.2, -0.15) is 0 Å². The van der Waals surface area contributed by atoms with Crippen molar-refractivity contribution in [2.24, 2.45) is 0 Å². The van der Waals surface area contributed by atoms with Crippen LogP contribution >= 0.6 is 0 Å². The number of benzene rings is 10. The van der Waals surface area contributed by atoms with Crippen molar-refractivity contribution in [1.29, 1.82) is 0 Å². The minimum Gasteiger partial charge on any atom is -0.456 e. The number of hydrogen-bond donors (Lipinski definition) is 0. The van der Waals surface area contributed by atoms with Gasteiger partial charge in [0.25, 0.3) is 0 Å². The van der Waals surface area contributed by atoms with Gasteiger partial charge in [-0.05, 0) is 121 Å². The Kier molecular flexibility index (Phi) is 7.72. The highest BCUT2D eigenvalue weighted by Crippen LogP contribution is 2.47. The van der Waals surface area contributed by atoms with Crippen LogP contribution < -0.4 is 9.80 Å². The molecule has 0 radical (unpaired) electrons. The fourth-order valence-electron chi connectivity index (χ4n) is 10.4. The first-order valence-electron chi connectivity index (χ1n) is 22.6. The van der Waals surface area contributed by atoms with Crippen LogP contribution in [0.1, 0.15) is 0 Å². The topological polar surface area (TPSA) is 72.2 Å². The highest BCUT2D eigenvalue weighted by atomic mass is 19.1. The normalized spacial score (nSPS) is 12.2. The van der Waals surface area contributed by atoms with E-state index in [0.717, 1.165) is 121 Å². The lowest BCUT2D eigenvalue weighted by Gasteiger charge is -2.25. The van der Waals surface area contributed by atoms with Crippen LogP contribution in [-0.2, 0) is 0 Å². The van der Waals surface area contributed by atoms with Gasteiger partial charge in [-0.15, -0.1) is 0 Å². The monoisotopic (exact) mass is 898 g/mol. The fourth-order valence-corrected chi connectivity index (χ4v) is 10.4. The molecular formula is C60H32F2N2O5. The van der Waals surface area contributed by atoms with Gasteiger partial charge in [0.1, 0.15) is 56.3 Å². The van der Waals surface area contributed by atoms with E-state index in [1.165, 1.54) is 24.3 Å². The van der Waals surface area contributed by atoms with Gasteiger partial charge in [0, 0.05) is 77.4 Å². The summed E-state index contributed by atoms with van der Waals surface area (Å²) in [6, 6.07) is 61.5. The number of anilines is 6. The molecule has 0 atom stereocenters. The average molecular weight is 899 g/mol. The highest BCUT2D eigenvalue weighted by molar-refractivity contribution is 6.19. The maximum absolute atomic E-state index is 14.3. The van der Waals surface area contributed by atoms with Crippen molar-refractivity contribution in [2.75, 3.05) is 9.80 Å². The van der Waals surface area contributed by atoms with Crippen molar-refractivity contribution in [2.45, 2.75) is 0 Å². The second-order valence-corrected chi connectivity index (χ2v) is 17.5. The molecule has 7 nitrogen and oxygen atoms in total. The van der Waals surface area contributed by atoms with Crippen molar-refractivity contribution in [3.05, 3.63) is 206 Å². The number of halogens is 2. The van der Waals surface area contributed by atoms with E-state index >= 15 is 0 Å². The van der Waals surface area contributed by atoms with Gasteiger partial charge in [0.05, 0.1) is 22.7 Å².